The van der Waals surface area contributed by atoms with Gasteiger partial charge in [0.2, 0.25) is 5.91 Å². The Morgan fingerprint density at radius 1 is 0.791 bits per heavy atom. The number of nitrogens with one attached hydrogen (secondary N) is 1. The van der Waals surface area contributed by atoms with Gasteiger partial charge in [-0.3, -0.25) is 13.9 Å². The molecule has 43 heavy (non-hydrogen) atoms. The Morgan fingerprint density at radius 2 is 1.26 bits per heavy atom. The van der Waals surface area contributed by atoms with Crippen molar-refractivity contribution in [2.45, 2.75) is 141 Å². The summed E-state index contributed by atoms with van der Waals surface area (Å²) in [5, 5.41) is 11.8. The van der Waals surface area contributed by atoms with E-state index in [2.05, 4.69) is 35.6 Å². The topological polar surface area (TPSA) is 119 Å². The molecule has 1 aromatic rings. The number of nitrogens with zero attached hydrogens (tertiary/aromatic N) is 1. The molecule has 0 radical (unpaired) electrons. The molecule has 2 unspecified atom stereocenters. The molecule has 0 saturated heterocycles. The maximum Gasteiger partial charge on any atom is 0.267 e. The van der Waals surface area contributed by atoms with Gasteiger partial charge in [0, 0.05) is 19.4 Å². The summed E-state index contributed by atoms with van der Waals surface area (Å²) in [5.74, 6) is -0.343. The lowest BCUT2D eigenvalue weighted by molar-refractivity contribution is -0.877. The first kappa shape index (κ1) is 39.7. The second kappa shape index (κ2) is 23.1. The van der Waals surface area contributed by atoms with Crippen LogP contribution in [0.1, 0.15) is 134 Å². The highest BCUT2D eigenvalue weighted by Gasteiger charge is 2.41. The van der Waals surface area contributed by atoms with E-state index < -0.39 is 13.5 Å². The van der Waals surface area contributed by atoms with Crippen LogP contribution in [-0.2, 0) is 20.3 Å². The Hall–Kier alpha value is -1.28. The summed E-state index contributed by atoms with van der Waals surface area (Å²) in [6, 6.07) is 10.8. The van der Waals surface area contributed by atoms with Gasteiger partial charge in [0.15, 0.2) is 5.72 Å². The summed E-state index contributed by atoms with van der Waals surface area (Å²) < 4.78 is 17.3. The summed E-state index contributed by atoms with van der Waals surface area (Å²) in [5.41, 5.74) is -0.0407. The molecule has 0 saturated carbocycles. The minimum atomic E-state index is -5.08. The van der Waals surface area contributed by atoms with Gasteiger partial charge in [0.05, 0.1) is 21.1 Å². The van der Waals surface area contributed by atoms with E-state index in [0.29, 0.717) is 30.2 Å². The fraction of sp³-hybridized carbons (Fsp3) is 0.794. The van der Waals surface area contributed by atoms with Gasteiger partial charge in [0.1, 0.15) is 6.54 Å². The van der Waals surface area contributed by atoms with Crippen LogP contribution in [0.15, 0.2) is 30.3 Å². The van der Waals surface area contributed by atoms with Gasteiger partial charge in [-0.2, -0.15) is 0 Å². The van der Waals surface area contributed by atoms with E-state index in [1.165, 1.54) is 89.0 Å². The molecule has 0 spiro atoms. The van der Waals surface area contributed by atoms with Gasteiger partial charge >= 0.3 is 0 Å². The van der Waals surface area contributed by atoms with Gasteiger partial charge in [-0.05, 0) is 37.7 Å². The molecule has 3 N–H and O–H groups in total. The highest BCUT2D eigenvalue weighted by atomic mass is 31.2. The van der Waals surface area contributed by atoms with Crippen LogP contribution in [0.2, 0.25) is 0 Å². The Morgan fingerprint density at radius 3 is 1.70 bits per heavy atom. The third kappa shape index (κ3) is 23.7. The highest BCUT2D eigenvalue weighted by Crippen LogP contribution is 2.39. The third-order valence-electron chi connectivity index (χ3n) is 7.84. The quantitative estimate of drug-likeness (QED) is 0.0398. The molecule has 1 aromatic carbocycles. The predicted octanol–water partition coefficient (Wildman–Crippen LogP) is 7.02. The molecule has 0 bridgehead atoms. The lowest BCUT2D eigenvalue weighted by Gasteiger charge is -2.41. The fourth-order valence-corrected chi connectivity index (χ4v) is 6.47. The molecule has 0 fully saturated rings. The Kier molecular flexibility index (Phi) is 21.4. The van der Waals surface area contributed by atoms with E-state index in [1.54, 1.807) is 0 Å². The van der Waals surface area contributed by atoms with Crippen molar-refractivity contribution >= 4 is 13.7 Å². The largest absolute Gasteiger partial charge is 0.756 e. The normalized spacial score (nSPS) is 14.7. The zero-order valence-electron chi connectivity index (χ0n) is 27.6. The lowest BCUT2D eigenvalue weighted by Crippen LogP contribution is -2.60. The molecule has 250 valence electrons. The first-order valence-electron chi connectivity index (χ1n) is 17.0. The second-order valence-corrected chi connectivity index (χ2v) is 14.5. The van der Waals surface area contributed by atoms with Gasteiger partial charge in [-0.1, -0.05) is 120 Å². The van der Waals surface area contributed by atoms with Crippen molar-refractivity contribution in [2.75, 3.05) is 34.3 Å². The van der Waals surface area contributed by atoms with E-state index in [-0.39, 0.29) is 25.5 Å². The number of phosphoric ester groups is 1. The molecule has 2 atom stereocenters. The fourth-order valence-electron chi connectivity index (χ4n) is 5.84. The maximum absolute atomic E-state index is 12.6. The van der Waals surface area contributed by atoms with Crippen molar-refractivity contribution in [1.29, 1.82) is 0 Å². The number of aliphatic hydroxyl groups excluding tert-OH is 1. The molecule has 0 aliphatic rings. The van der Waals surface area contributed by atoms with Gasteiger partial charge in [-0.15, -0.1) is 0 Å². The van der Waals surface area contributed by atoms with Crippen LogP contribution >= 0.6 is 7.82 Å². The van der Waals surface area contributed by atoms with Crippen LogP contribution in [0.4, 0.5) is 0 Å². The lowest BCUT2D eigenvalue weighted by atomic mass is 10.0. The number of amides is 1. The number of likely N-dealkylation sites (N-methyl/N-ethyl adjacent to an activating group) is 1. The van der Waals surface area contributed by atoms with Crippen molar-refractivity contribution in [1.82, 2.24) is 5.32 Å². The molecule has 0 aliphatic carbocycles. The zero-order chi connectivity index (χ0) is 31.9. The predicted molar refractivity (Wildman–Crippen MR) is 174 cm³/mol. The average Bonchev–Trinajstić information content (AvgIpc) is 2.91. The number of aryl methyl sites for hydroxylation is 1. The van der Waals surface area contributed by atoms with Crippen LogP contribution in [-0.4, -0.2) is 60.4 Å². The van der Waals surface area contributed by atoms with Crippen molar-refractivity contribution in [3.63, 3.8) is 0 Å². The summed E-state index contributed by atoms with van der Waals surface area (Å²) in [6.45, 7) is 0.191. The number of unbranched alkanes of at least 4 members (excludes halogenated alkanes) is 16. The number of quaternary nitrogens is 1. The van der Waals surface area contributed by atoms with Crippen LogP contribution in [0, 0.1) is 0 Å². The Bertz CT molecular complexity index is 873. The molecule has 0 heterocycles. The number of aliphatic hydroxyl groups is 1. The molecule has 1 rings (SSSR count). The minimum Gasteiger partial charge on any atom is -0.756 e. The van der Waals surface area contributed by atoms with Crippen LogP contribution in [0.5, 0.6) is 0 Å². The van der Waals surface area contributed by atoms with Crippen molar-refractivity contribution < 1.29 is 33.3 Å². The van der Waals surface area contributed by atoms with E-state index >= 15 is 0 Å². The molecular weight excluding hydrogens is 563 g/mol. The molecule has 0 aliphatic heterocycles. The Labute approximate surface area is 262 Å². The first-order chi connectivity index (χ1) is 20.4. The number of carbonyl (C=O) groups excluding carboxylic acids is 1. The second-order valence-electron chi connectivity index (χ2n) is 13.4. The first-order valence-corrected chi connectivity index (χ1v) is 18.5. The van der Waals surface area contributed by atoms with Crippen molar-refractivity contribution in [3.05, 3.63) is 35.9 Å². The van der Waals surface area contributed by atoms with Crippen LogP contribution in [0.3, 0.4) is 0 Å². The standard InChI is InChI=1S/C34H63N2O6P/c1-36(2,3)31-34(42-43(39,40)41,35-33(38)28-22-24-30-37)29-23-17-15-13-11-9-7-5-4-6-8-10-12-14-16-19-25-32-26-20-18-21-27-32/h18,20-21,26-27,37H,4-17,19,22-25,28-31H2,1-3H3,(H2-,35,38,39,40,41). The molecule has 8 nitrogen and oxygen atoms in total. The number of hydrogen-bond acceptors (Lipinski definition) is 5. The summed E-state index contributed by atoms with van der Waals surface area (Å²) in [6.07, 6.45) is 22.3. The van der Waals surface area contributed by atoms with Crippen molar-refractivity contribution in [2.24, 2.45) is 0 Å². The number of hydrogen-bond donors (Lipinski definition) is 3. The summed E-state index contributed by atoms with van der Waals surface area (Å²) >= 11 is 0. The van der Waals surface area contributed by atoms with Gasteiger partial charge < -0.3 is 24.7 Å². The average molecular weight is 627 g/mol. The SMILES string of the molecule is C[N+](C)(C)CC(CCCCCCCCCCCCCCCCCCc1ccccc1)(NC(=O)CCCCO)OP(=O)([O-])O. The number of benzene rings is 1. The van der Waals surface area contributed by atoms with Gasteiger partial charge in [-0.25, -0.2) is 0 Å². The number of rotatable bonds is 28. The van der Waals surface area contributed by atoms with Gasteiger partial charge in [0.25, 0.3) is 7.82 Å². The molecule has 1 amide bonds. The smallest absolute Gasteiger partial charge is 0.267 e. The Balaban J connectivity index is 2.15. The van der Waals surface area contributed by atoms with Crippen LogP contribution < -0.4 is 10.2 Å². The molecular formula is C34H63N2O6P. The maximum atomic E-state index is 12.6. The third-order valence-corrected chi connectivity index (χ3v) is 8.42. The number of carbonyl (C=O) groups is 1. The zero-order valence-corrected chi connectivity index (χ0v) is 28.5. The summed E-state index contributed by atoms with van der Waals surface area (Å²) in [4.78, 5) is 33.9. The van der Waals surface area contributed by atoms with E-state index in [1.807, 2.05) is 21.1 Å². The van der Waals surface area contributed by atoms with E-state index in [0.717, 1.165) is 19.3 Å². The van der Waals surface area contributed by atoms with Crippen molar-refractivity contribution in [3.8, 4) is 0 Å². The molecule has 0 aromatic heterocycles. The number of phosphoric acid groups is 1. The minimum absolute atomic E-state index is 0.00329. The summed E-state index contributed by atoms with van der Waals surface area (Å²) in [7, 11) is 0.584. The highest BCUT2D eigenvalue weighted by molar-refractivity contribution is 7.44. The van der Waals surface area contributed by atoms with E-state index in [4.69, 9.17) is 9.63 Å². The van der Waals surface area contributed by atoms with Crippen LogP contribution in [0.25, 0.3) is 0 Å². The monoisotopic (exact) mass is 626 g/mol. The molecule has 9 heteroatoms. The van der Waals surface area contributed by atoms with E-state index in [9.17, 15) is 19.1 Å².